The lowest BCUT2D eigenvalue weighted by molar-refractivity contribution is -0.139. The van der Waals surface area contributed by atoms with Crippen LogP contribution in [0, 0.1) is 11.7 Å². The minimum Gasteiger partial charge on any atom is -0.481 e. The fraction of sp³-hybridized carbons (Fsp3) is 0.467. The molecule has 1 amide bonds. The summed E-state index contributed by atoms with van der Waals surface area (Å²) in [6.45, 7) is 0.847. The predicted octanol–water partition coefficient (Wildman–Crippen LogP) is 1.92. The van der Waals surface area contributed by atoms with Gasteiger partial charge in [-0.15, -0.1) is 0 Å². The van der Waals surface area contributed by atoms with E-state index in [1.54, 1.807) is 17.0 Å². The molecule has 1 N–H and O–H groups in total. The van der Waals surface area contributed by atoms with Crippen molar-refractivity contribution in [3.05, 3.63) is 30.1 Å². The molecule has 0 aromatic heterocycles. The standard InChI is InChI=1S/C15H18FNO4/c16-12-3-1-2-4-13(12)21-10-14(18)17-7-5-11(6-8-17)9-15(19)20/h1-4,11H,5-10H2,(H,19,20). The van der Waals surface area contributed by atoms with Gasteiger partial charge in [0.05, 0.1) is 0 Å². The normalized spacial score (nSPS) is 15.8. The van der Waals surface area contributed by atoms with E-state index in [1.165, 1.54) is 12.1 Å². The van der Waals surface area contributed by atoms with E-state index in [0.29, 0.717) is 25.9 Å². The fourth-order valence-corrected chi connectivity index (χ4v) is 2.43. The highest BCUT2D eigenvalue weighted by Crippen LogP contribution is 2.21. The molecule has 1 fully saturated rings. The molecule has 0 atom stereocenters. The maximum atomic E-state index is 13.3. The molecule has 5 nitrogen and oxygen atoms in total. The van der Waals surface area contributed by atoms with Gasteiger partial charge in [0, 0.05) is 19.5 Å². The summed E-state index contributed by atoms with van der Waals surface area (Å²) >= 11 is 0. The number of aliphatic carboxylic acids is 1. The number of amides is 1. The molecule has 1 aliphatic rings. The number of carbonyl (C=O) groups excluding carboxylic acids is 1. The molecule has 2 rings (SSSR count). The number of ether oxygens (including phenoxy) is 1. The maximum absolute atomic E-state index is 13.3. The van der Waals surface area contributed by atoms with Crippen molar-refractivity contribution in [2.45, 2.75) is 19.3 Å². The molecule has 0 spiro atoms. The van der Waals surface area contributed by atoms with Gasteiger partial charge < -0.3 is 14.7 Å². The van der Waals surface area contributed by atoms with Crippen LogP contribution in [0.1, 0.15) is 19.3 Å². The highest BCUT2D eigenvalue weighted by atomic mass is 19.1. The molecule has 1 heterocycles. The maximum Gasteiger partial charge on any atom is 0.303 e. The Hall–Kier alpha value is -2.11. The second-order valence-electron chi connectivity index (χ2n) is 5.14. The van der Waals surface area contributed by atoms with Crippen LogP contribution < -0.4 is 4.74 Å². The van der Waals surface area contributed by atoms with E-state index in [2.05, 4.69) is 0 Å². The molecule has 114 valence electrons. The van der Waals surface area contributed by atoms with Gasteiger partial charge in [-0.3, -0.25) is 9.59 Å². The van der Waals surface area contributed by atoms with Crippen molar-refractivity contribution < 1.29 is 23.8 Å². The summed E-state index contributed by atoms with van der Waals surface area (Å²) < 4.78 is 18.5. The van der Waals surface area contributed by atoms with Crippen LogP contribution in [0.25, 0.3) is 0 Å². The van der Waals surface area contributed by atoms with Gasteiger partial charge in [-0.05, 0) is 30.9 Å². The minimum atomic E-state index is -0.803. The first-order chi connectivity index (χ1) is 10.1. The van der Waals surface area contributed by atoms with Crippen LogP contribution >= 0.6 is 0 Å². The Labute approximate surface area is 122 Å². The number of rotatable bonds is 5. The van der Waals surface area contributed by atoms with Gasteiger partial charge in [0.2, 0.25) is 0 Å². The number of carbonyl (C=O) groups is 2. The van der Waals surface area contributed by atoms with Crippen molar-refractivity contribution in [1.29, 1.82) is 0 Å². The highest BCUT2D eigenvalue weighted by molar-refractivity contribution is 5.78. The Morgan fingerprint density at radius 3 is 2.57 bits per heavy atom. The van der Waals surface area contributed by atoms with Crippen molar-refractivity contribution in [3.63, 3.8) is 0 Å². The van der Waals surface area contributed by atoms with E-state index in [1.807, 2.05) is 0 Å². The molecule has 0 aliphatic carbocycles. The Morgan fingerprint density at radius 1 is 1.29 bits per heavy atom. The Balaban J connectivity index is 1.77. The Bertz CT molecular complexity index is 512. The van der Waals surface area contributed by atoms with Gasteiger partial charge in [0.25, 0.3) is 5.91 Å². The van der Waals surface area contributed by atoms with Gasteiger partial charge in [-0.25, -0.2) is 4.39 Å². The zero-order chi connectivity index (χ0) is 15.2. The van der Waals surface area contributed by atoms with E-state index in [9.17, 15) is 14.0 Å². The third-order valence-corrected chi connectivity index (χ3v) is 3.62. The molecule has 0 unspecified atom stereocenters. The summed E-state index contributed by atoms with van der Waals surface area (Å²) in [6.07, 6.45) is 1.50. The first kappa shape index (κ1) is 15.3. The number of hydrogen-bond donors (Lipinski definition) is 1. The van der Waals surface area contributed by atoms with E-state index >= 15 is 0 Å². The molecule has 0 saturated carbocycles. The van der Waals surface area contributed by atoms with Crippen molar-refractivity contribution in [1.82, 2.24) is 4.90 Å². The Kier molecular flexibility index (Phi) is 5.14. The summed E-state index contributed by atoms with van der Waals surface area (Å²) in [4.78, 5) is 24.2. The quantitative estimate of drug-likeness (QED) is 0.901. The van der Waals surface area contributed by atoms with Crippen LogP contribution in [-0.4, -0.2) is 41.6 Å². The number of halogens is 1. The molecular weight excluding hydrogens is 277 g/mol. The minimum absolute atomic E-state index is 0.0617. The smallest absolute Gasteiger partial charge is 0.303 e. The molecule has 1 aromatic carbocycles. The van der Waals surface area contributed by atoms with Crippen LogP contribution in [0.2, 0.25) is 0 Å². The first-order valence-electron chi connectivity index (χ1n) is 6.93. The number of piperidine rings is 1. The Morgan fingerprint density at radius 2 is 1.95 bits per heavy atom. The third kappa shape index (κ3) is 4.44. The molecule has 1 aliphatic heterocycles. The van der Waals surface area contributed by atoms with Crippen LogP contribution in [0.5, 0.6) is 5.75 Å². The summed E-state index contributed by atoms with van der Waals surface area (Å²) in [5, 5.41) is 8.74. The summed E-state index contributed by atoms with van der Waals surface area (Å²) in [6, 6.07) is 5.94. The third-order valence-electron chi connectivity index (χ3n) is 3.62. The summed E-state index contributed by atoms with van der Waals surface area (Å²) in [7, 11) is 0. The van der Waals surface area contributed by atoms with E-state index < -0.39 is 11.8 Å². The van der Waals surface area contributed by atoms with Crippen LogP contribution in [-0.2, 0) is 9.59 Å². The number of nitrogens with zero attached hydrogens (tertiary/aromatic N) is 1. The molecular formula is C15H18FNO4. The van der Waals surface area contributed by atoms with E-state index in [0.717, 1.165) is 0 Å². The fourth-order valence-electron chi connectivity index (χ4n) is 2.43. The van der Waals surface area contributed by atoms with Gasteiger partial charge >= 0.3 is 5.97 Å². The molecule has 0 bridgehead atoms. The number of para-hydroxylation sites is 1. The van der Waals surface area contributed by atoms with Gasteiger partial charge in [0.15, 0.2) is 18.2 Å². The van der Waals surface area contributed by atoms with Gasteiger partial charge in [-0.1, -0.05) is 12.1 Å². The van der Waals surface area contributed by atoms with Gasteiger partial charge in [0.1, 0.15) is 0 Å². The topological polar surface area (TPSA) is 66.8 Å². The number of hydrogen-bond acceptors (Lipinski definition) is 3. The van der Waals surface area contributed by atoms with Gasteiger partial charge in [-0.2, -0.15) is 0 Å². The number of benzene rings is 1. The number of carboxylic acid groups (broad SMARTS) is 1. The highest BCUT2D eigenvalue weighted by Gasteiger charge is 2.24. The number of likely N-dealkylation sites (tertiary alicyclic amines) is 1. The van der Waals surface area contributed by atoms with E-state index in [4.69, 9.17) is 9.84 Å². The zero-order valence-corrected chi connectivity index (χ0v) is 11.6. The second-order valence-corrected chi connectivity index (χ2v) is 5.14. The molecule has 0 radical (unpaired) electrons. The molecule has 6 heteroatoms. The lowest BCUT2D eigenvalue weighted by Gasteiger charge is -2.31. The predicted molar refractivity (Wildman–Crippen MR) is 73.5 cm³/mol. The molecule has 1 saturated heterocycles. The van der Waals surface area contributed by atoms with Crippen molar-refractivity contribution in [2.24, 2.45) is 5.92 Å². The summed E-state index contributed by atoms with van der Waals surface area (Å²) in [5.41, 5.74) is 0. The van der Waals surface area contributed by atoms with Crippen molar-refractivity contribution in [3.8, 4) is 5.75 Å². The van der Waals surface area contributed by atoms with E-state index in [-0.39, 0.29) is 30.6 Å². The number of carboxylic acids is 1. The summed E-state index contributed by atoms with van der Waals surface area (Å²) in [5.74, 6) is -1.31. The SMILES string of the molecule is O=C(O)CC1CCN(C(=O)COc2ccccc2F)CC1. The average molecular weight is 295 g/mol. The largest absolute Gasteiger partial charge is 0.481 e. The first-order valence-corrected chi connectivity index (χ1v) is 6.93. The second kappa shape index (κ2) is 7.06. The molecule has 21 heavy (non-hydrogen) atoms. The van der Waals surface area contributed by atoms with Crippen molar-refractivity contribution in [2.75, 3.05) is 19.7 Å². The zero-order valence-electron chi connectivity index (χ0n) is 11.6. The van der Waals surface area contributed by atoms with Crippen LogP contribution in [0.3, 0.4) is 0 Å². The van der Waals surface area contributed by atoms with Crippen molar-refractivity contribution >= 4 is 11.9 Å². The van der Waals surface area contributed by atoms with Crippen LogP contribution in [0.4, 0.5) is 4.39 Å². The van der Waals surface area contributed by atoms with Crippen LogP contribution in [0.15, 0.2) is 24.3 Å². The molecule has 1 aromatic rings. The lowest BCUT2D eigenvalue weighted by atomic mass is 9.94. The lowest BCUT2D eigenvalue weighted by Crippen LogP contribution is -2.41. The monoisotopic (exact) mass is 295 g/mol. The average Bonchev–Trinajstić information content (AvgIpc) is 2.46.